The summed E-state index contributed by atoms with van der Waals surface area (Å²) in [5, 5.41) is 3.10. The number of hydrogen-bond donors (Lipinski definition) is 2. The molecular weight excluding hydrogens is 422 g/mol. The van der Waals surface area contributed by atoms with E-state index in [-0.39, 0.29) is 11.4 Å². The zero-order chi connectivity index (χ0) is 22.2. The number of nitrogens with one attached hydrogen (secondary N) is 2. The number of anilines is 1. The van der Waals surface area contributed by atoms with Gasteiger partial charge in [-0.05, 0) is 32.0 Å². The van der Waals surface area contributed by atoms with Crippen LogP contribution in [-0.4, -0.2) is 45.6 Å². The molecule has 0 spiro atoms. The lowest BCUT2D eigenvalue weighted by Crippen LogP contribution is -2.29. The van der Waals surface area contributed by atoms with E-state index in [4.69, 9.17) is 4.42 Å². The first-order valence-electron chi connectivity index (χ1n) is 9.44. The maximum atomic E-state index is 12.6. The van der Waals surface area contributed by atoms with E-state index in [1.165, 1.54) is 29.8 Å². The van der Waals surface area contributed by atoms with Gasteiger partial charge in [-0.3, -0.25) is 9.13 Å². The van der Waals surface area contributed by atoms with Gasteiger partial charge in [0.05, 0.1) is 10.4 Å². The third-order valence-corrected chi connectivity index (χ3v) is 6.15. The van der Waals surface area contributed by atoms with Gasteiger partial charge >= 0.3 is 5.76 Å². The Labute approximate surface area is 177 Å². The Kier molecular flexibility index (Phi) is 5.33. The van der Waals surface area contributed by atoms with E-state index >= 15 is 0 Å². The zero-order valence-electron chi connectivity index (χ0n) is 17.2. The quantitative estimate of drug-likeness (QED) is 0.405. The van der Waals surface area contributed by atoms with Gasteiger partial charge in [-0.1, -0.05) is 0 Å². The summed E-state index contributed by atoms with van der Waals surface area (Å²) in [7, 11) is -2.24. The lowest BCUT2D eigenvalue weighted by Gasteiger charge is -2.11. The summed E-state index contributed by atoms with van der Waals surface area (Å²) in [6.07, 6.45) is 3.50. The number of fused-ring (bicyclic) bond motifs is 1. The van der Waals surface area contributed by atoms with E-state index in [9.17, 15) is 13.2 Å². The summed E-state index contributed by atoms with van der Waals surface area (Å²) >= 11 is 0. The highest BCUT2D eigenvalue weighted by Crippen LogP contribution is 2.18. The van der Waals surface area contributed by atoms with Crippen LogP contribution in [0.4, 0.5) is 5.82 Å². The Hall–Kier alpha value is -3.51. The Balaban J connectivity index is 1.43. The maximum Gasteiger partial charge on any atom is 0.419 e. The predicted octanol–water partition coefficient (Wildman–Crippen LogP) is 1.11. The minimum atomic E-state index is -3.76. The summed E-state index contributed by atoms with van der Waals surface area (Å²) in [5.41, 5.74) is 0.737. The number of hydrogen-bond acceptors (Lipinski definition) is 8. The monoisotopic (exact) mass is 443 g/mol. The molecule has 0 amide bonds. The van der Waals surface area contributed by atoms with Gasteiger partial charge in [0.2, 0.25) is 10.0 Å². The Morgan fingerprint density at radius 1 is 1.13 bits per heavy atom. The topological polar surface area (TPSA) is 137 Å². The normalized spacial score (nSPS) is 11.8. The van der Waals surface area contributed by atoms with Crippen LogP contribution in [0.1, 0.15) is 11.6 Å². The first kappa shape index (κ1) is 20.8. The second-order valence-corrected chi connectivity index (χ2v) is 8.65. The van der Waals surface area contributed by atoms with E-state index in [1.54, 1.807) is 19.2 Å². The second-order valence-electron chi connectivity index (χ2n) is 6.88. The van der Waals surface area contributed by atoms with Crippen molar-refractivity contribution in [3.63, 3.8) is 0 Å². The molecule has 0 radical (unpaired) electrons. The maximum absolute atomic E-state index is 12.6. The molecule has 0 saturated carbocycles. The van der Waals surface area contributed by atoms with Crippen LogP contribution in [-0.2, 0) is 17.1 Å². The fraction of sp³-hybridized carbons (Fsp3) is 0.263. The van der Waals surface area contributed by atoms with Crippen molar-refractivity contribution in [2.75, 3.05) is 18.4 Å². The van der Waals surface area contributed by atoms with Crippen LogP contribution in [0.2, 0.25) is 0 Å². The molecule has 4 rings (SSSR count). The molecule has 31 heavy (non-hydrogen) atoms. The van der Waals surface area contributed by atoms with E-state index in [0.29, 0.717) is 35.1 Å². The predicted molar refractivity (Wildman–Crippen MR) is 114 cm³/mol. The van der Waals surface area contributed by atoms with E-state index in [1.807, 2.05) is 17.7 Å². The molecule has 0 unspecified atom stereocenters. The number of oxazole rings is 1. The summed E-state index contributed by atoms with van der Waals surface area (Å²) in [6, 6.07) is 6.04. The van der Waals surface area contributed by atoms with Crippen LogP contribution < -0.4 is 15.8 Å². The van der Waals surface area contributed by atoms with E-state index < -0.39 is 15.8 Å². The minimum absolute atomic E-state index is 0.0483. The third-order valence-electron chi connectivity index (χ3n) is 4.69. The van der Waals surface area contributed by atoms with Crippen molar-refractivity contribution < 1.29 is 12.8 Å². The molecule has 0 fully saturated rings. The highest BCUT2D eigenvalue weighted by Gasteiger charge is 2.16. The summed E-state index contributed by atoms with van der Waals surface area (Å²) < 4.78 is 35.9. The molecule has 1 aromatic carbocycles. The molecular formula is C19H21N7O4S. The molecule has 0 aliphatic heterocycles. The van der Waals surface area contributed by atoms with Crippen LogP contribution >= 0.6 is 0 Å². The number of rotatable bonds is 7. The van der Waals surface area contributed by atoms with Crippen molar-refractivity contribution in [3.8, 4) is 5.82 Å². The molecule has 0 aliphatic rings. The molecule has 11 nitrogen and oxygen atoms in total. The van der Waals surface area contributed by atoms with Crippen molar-refractivity contribution in [3.05, 3.63) is 58.9 Å². The fourth-order valence-corrected chi connectivity index (χ4v) is 4.17. The average Bonchev–Trinajstić information content (AvgIpc) is 3.27. The molecule has 3 heterocycles. The van der Waals surface area contributed by atoms with Gasteiger partial charge in [-0.2, -0.15) is 0 Å². The van der Waals surface area contributed by atoms with Gasteiger partial charge in [0.15, 0.2) is 5.58 Å². The molecule has 162 valence electrons. The van der Waals surface area contributed by atoms with Crippen molar-refractivity contribution in [1.29, 1.82) is 0 Å². The van der Waals surface area contributed by atoms with Gasteiger partial charge in [0, 0.05) is 38.6 Å². The van der Waals surface area contributed by atoms with E-state index in [0.717, 1.165) is 5.82 Å². The van der Waals surface area contributed by atoms with Crippen LogP contribution in [0.5, 0.6) is 0 Å². The largest absolute Gasteiger partial charge is 0.419 e. The van der Waals surface area contributed by atoms with Crippen molar-refractivity contribution in [1.82, 2.24) is 28.8 Å². The highest BCUT2D eigenvalue weighted by atomic mass is 32.2. The Morgan fingerprint density at radius 2 is 1.94 bits per heavy atom. The number of imidazole rings is 1. The number of benzene rings is 1. The summed E-state index contributed by atoms with van der Waals surface area (Å²) in [6.45, 7) is 4.10. The van der Waals surface area contributed by atoms with Crippen molar-refractivity contribution in [2.24, 2.45) is 7.05 Å². The molecule has 12 heteroatoms. The standard InChI is InChI=1S/C19H21N7O4S/c1-12-23-17(11-18(24-12)26-9-8-20-13(26)2)21-6-7-22-31(28,29)14-4-5-16-15(10-14)25(3)19(27)30-16/h4-5,8-11,22H,6-7H2,1-3H3,(H,21,23,24). The SMILES string of the molecule is Cc1nc(NCCNS(=O)(=O)c2ccc3oc(=O)n(C)c3c2)cc(-n2ccnc2C)n1. The first-order chi connectivity index (χ1) is 14.7. The van der Waals surface area contributed by atoms with E-state index in [2.05, 4.69) is 25.0 Å². The molecule has 0 bridgehead atoms. The third kappa shape index (κ3) is 4.20. The fourth-order valence-electron chi connectivity index (χ4n) is 3.12. The minimum Gasteiger partial charge on any atom is -0.408 e. The van der Waals surface area contributed by atoms with Gasteiger partial charge in [-0.25, -0.2) is 32.9 Å². The average molecular weight is 443 g/mol. The second kappa shape index (κ2) is 7.96. The Morgan fingerprint density at radius 3 is 2.68 bits per heavy atom. The summed E-state index contributed by atoms with van der Waals surface area (Å²) in [5.74, 6) is 2.07. The Bertz CT molecular complexity index is 1420. The number of sulfonamides is 1. The lowest BCUT2D eigenvalue weighted by molar-refractivity contribution is 0.528. The molecule has 0 atom stereocenters. The molecule has 4 aromatic rings. The molecule has 3 aromatic heterocycles. The molecule has 2 N–H and O–H groups in total. The van der Waals surface area contributed by atoms with Crippen LogP contribution in [0.15, 0.2) is 50.8 Å². The van der Waals surface area contributed by atoms with Gasteiger partial charge in [-0.15, -0.1) is 0 Å². The molecule has 0 saturated heterocycles. The van der Waals surface area contributed by atoms with Crippen molar-refractivity contribution in [2.45, 2.75) is 18.7 Å². The molecule has 0 aliphatic carbocycles. The summed E-state index contributed by atoms with van der Waals surface area (Å²) in [4.78, 5) is 24.6. The smallest absolute Gasteiger partial charge is 0.408 e. The lowest BCUT2D eigenvalue weighted by atomic mass is 10.3. The number of aromatic nitrogens is 5. The first-order valence-corrected chi connectivity index (χ1v) is 10.9. The van der Waals surface area contributed by atoms with Gasteiger partial charge in [0.1, 0.15) is 23.3 Å². The van der Waals surface area contributed by atoms with Gasteiger partial charge < -0.3 is 9.73 Å². The number of nitrogens with zero attached hydrogens (tertiary/aromatic N) is 5. The zero-order valence-corrected chi connectivity index (χ0v) is 18.0. The highest BCUT2D eigenvalue weighted by molar-refractivity contribution is 7.89. The van der Waals surface area contributed by atoms with Crippen molar-refractivity contribution >= 4 is 26.9 Å². The van der Waals surface area contributed by atoms with Crippen LogP contribution in [0.25, 0.3) is 16.9 Å². The van der Waals surface area contributed by atoms with Crippen LogP contribution in [0, 0.1) is 13.8 Å². The van der Waals surface area contributed by atoms with Crippen LogP contribution in [0.3, 0.4) is 0 Å². The van der Waals surface area contributed by atoms with Gasteiger partial charge in [0.25, 0.3) is 0 Å². The number of aryl methyl sites for hydroxylation is 3.